The van der Waals surface area contributed by atoms with Gasteiger partial charge in [0.15, 0.2) is 0 Å². The maximum Gasteiger partial charge on any atom is 0.253 e. The summed E-state index contributed by atoms with van der Waals surface area (Å²) in [5.74, 6) is 0.810. The van der Waals surface area contributed by atoms with Gasteiger partial charge in [0, 0.05) is 13.2 Å². The van der Waals surface area contributed by atoms with Crippen LogP contribution < -0.4 is 11.3 Å². The highest BCUT2D eigenvalue weighted by Crippen LogP contribution is 2.39. The van der Waals surface area contributed by atoms with E-state index in [-0.39, 0.29) is 11.4 Å². The first-order valence-electron chi connectivity index (χ1n) is 5.09. The van der Waals surface area contributed by atoms with Gasteiger partial charge < -0.3 is 15.5 Å². The van der Waals surface area contributed by atoms with E-state index in [1.165, 1.54) is 6.07 Å². The molecule has 0 unspecified atom stereocenters. The lowest BCUT2D eigenvalue weighted by atomic mass is 10.0. The molecule has 1 aromatic heterocycles. The standard InChI is InChI=1S/C10H15N3O2/c1-15-10(4-2-3-5-10)9-12-7(11)6-8(14)13-9/h6H,2-5H2,1H3,(H3,11,12,13,14). The molecule has 0 bridgehead atoms. The molecule has 82 valence electrons. The molecule has 1 aliphatic carbocycles. The number of hydrogen-bond acceptors (Lipinski definition) is 4. The molecule has 3 N–H and O–H groups in total. The average molecular weight is 209 g/mol. The third kappa shape index (κ3) is 1.74. The van der Waals surface area contributed by atoms with Crippen LogP contribution >= 0.6 is 0 Å². The van der Waals surface area contributed by atoms with Crippen LogP contribution in [0.1, 0.15) is 31.5 Å². The minimum Gasteiger partial charge on any atom is -0.383 e. The zero-order chi connectivity index (χ0) is 10.9. The van der Waals surface area contributed by atoms with Gasteiger partial charge in [-0.2, -0.15) is 0 Å². The van der Waals surface area contributed by atoms with E-state index in [9.17, 15) is 4.79 Å². The Kier molecular flexibility index (Phi) is 2.48. The van der Waals surface area contributed by atoms with E-state index in [4.69, 9.17) is 10.5 Å². The molecule has 1 saturated carbocycles. The SMILES string of the molecule is COC1(c2nc(N)cc(=O)[nH]2)CCCC1. The van der Waals surface area contributed by atoms with Crippen molar-refractivity contribution in [3.05, 3.63) is 22.2 Å². The molecule has 0 aliphatic heterocycles. The van der Waals surface area contributed by atoms with Gasteiger partial charge in [0.25, 0.3) is 5.56 Å². The quantitative estimate of drug-likeness (QED) is 0.753. The number of rotatable bonds is 2. The van der Waals surface area contributed by atoms with Crippen LogP contribution in [0.4, 0.5) is 5.82 Å². The molecule has 0 saturated heterocycles. The molecular formula is C10H15N3O2. The molecular weight excluding hydrogens is 194 g/mol. The van der Waals surface area contributed by atoms with E-state index in [0.29, 0.717) is 5.82 Å². The molecule has 0 amide bonds. The molecule has 0 spiro atoms. The number of nitrogens with one attached hydrogen (secondary N) is 1. The molecule has 1 aromatic rings. The van der Waals surface area contributed by atoms with Crippen molar-refractivity contribution in [2.45, 2.75) is 31.3 Å². The fourth-order valence-electron chi connectivity index (χ4n) is 2.18. The second-order valence-electron chi connectivity index (χ2n) is 3.92. The van der Waals surface area contributed by atoms with Gasteiger partial charge >= 0.3 is 0 Å². The van der Waals surface area contributed by atoms with Crippen molar-refractivity contribution in [3.8, 4) is 0 Å². The molecule has 15 heavy (non-hydrogen) atoms. The summed E-state index contributed by atoms with van der Waals surface area (Å²) in [6.45, 7) is 0. The summed E-state index contributed by atoms with van der Waals surface area (Å²) in [7, 11) is 1.65. The maximum absolute atomic E-state index is 11.3. The summed E-state index contributed by atoms with van der Waals surface area (Å²) in [5.41, 5.74) is 4.90. The van der Waals surface area contributed by atoms with E-state index >= 15 is 0 Å². The second-order valence-corrected chi connectivity index (χ2v) is 3.92. The van der Waals surface area contributed by atoms with Crippen molar-refractivity contribution < 1.29 is 4.74 Å². The van der Waals surface area contributed by atoms with E-state index in [1.807, 2.05) is 0 Å². The summed E-state index contributed by atoms with van der Waals surface area (Å²) in [6, 6.07) is 1.28. The topological polar surface area (TPSA) is 81.0 Å². The number of ether oxygens (including phenoxy) is 1. The fraction of sp³-hybridized carbons (Fsp3) is 0.600. The monoisotopic (exact) mass is 209 g/mol. The Labute approximate surface area is 87.7 Å². The first-order valence-corrected chi connectivity index (χ1v) is 5.09. The number of aromatic nitrogens is 2. The van der Waals surface area contributed by atoms with E-state index in [2.05, 4.69) is 9.97 Å². The van der Waals surface area contributed by atoms with Crippen LogP contribution in [-0.4, -0.2) is 17.1 Å². The smallest absolute Gasteiger partial charge is 0.253 e. The van der Waals surface area contributed by atoms with Crippen molar-refractivity contribution in [3.63, 3.8) is 0 Å². The van der Waals surface area contributed by atoms with Gasteiger partial charge in [-0.3, -0.25) is 4.79 Å². The van der Waals surface area contributed by atoms with Crippen LogP contribution in [-0.2, 0) is 10.3 Å². The molecule has 5 nitrogen and oxygen atoms in total. The lowest BCUT2D eigenvalue weighted by molar-refractivity contribution is -0.0163. The summed E-state index contributed by atoms with van der Waals surface area (Å²) >= 11 is 0. The Hall–Kier alpha value is -1.36. The summed E-state index contributed by atoms with van der Waals surface area (Å²) in [6.07, 6.45) is 3.95. The lowest BCUT2D eigenvalue weighted by Crippen LogP contribution is -2.30. The predicted molar refractivity (Wildman–Crippen MR) is 56.4 cm³/mol. The van der Waals surface area contributed by atoms with Crippen molar-refractivity contribution in [1.29, 1.82) is 0 Å². The van der Waals surface area contributed by atoms with E-state index < -0.39 is 5.60 Å². The zero-order valence-corrected chi connectivity index (χ0v) is 8.75. The average Bonchev–Trinajstić information content (AvgIpc) is 2.65. The number of H-pyrrole nitrogens is 1. The Morgan fingerprint density at radius 2 is 2.20 bits per heavy atom. The third-order valence-electron chi connectivity index (χ3n) is 3.00. The molecule has 1 fully saturated rings. The lowest BCUT2D eigenvalue weighted by Gasteiger charge is -2.25. The second kappa shape index (κ2) is 3.66. The highest BCUT2D eigenvalue weighted by atomic mass is 16.5. The highest BCUT2D eigenvalue weighted by molar-refractivity contribution is 5.27. The van der Waals surface area contributed by atoms with Crippen LogP contribution in [0.2, 0.25) is 0 Å². The van der Waals surface area contributed by atoms with Gasteiger partial charge in [-0.25, -0.2) is 4.98 Å². The number of hydrogen-bond donors (Lipinski definition) is 2. The molecule has 0 aromatic carbocycles. The Morgan fingerprint density at radius 1 is 1.53 bits per heavy atom. The van der Waals surface area contributed by atoms with Crippen LogP contribution in [0.3, 0.4) is 0 Å². The fourth-order valence-corrected chi connectivity index (χ4v) is 2.18. The summed E-state index contributed by atoms with van der Waals surface area (Å²) in [5, 5.41) is 0. The Balaban J connectivity index is 2.46. The van der Waals surface area contributed by atoms with E-state index in [0.717, 1.165) is 25.7 Å². The molecule has 1 aliphatic rings. The number of nitrogens with zero attached hydrogens (tertiary/aromatic N) is 1. The molecule has 1 heterocycles. The Bertz CT molecular complexity index is 407. The predicted octanol–water partition coefficient (Wildman–Crippen LogP) is 0.768. The highest BCUT2D eigenvalue weighted by Gasteiger charge is 2.38. The normalized spacial score (nSPS) is 19.3. The number of methoxy groups -OCH3 is 1. The zero-order valence-electron chi connectivity index (χ0n) is 8.75. The van der Waals surface area contributed by atoms with Crippen molar-refractivity contribution >= 4 is 5.82 Å². The van der Waals surface area contributed by atoms with Crippen LogP contribution in [0.5, 0.6) is 0 Å². The summed E-state index contributed by atoms with van der Waals surface area (Å²) in [4.78, 5) is 18.2. The van der Waals surface area contributed by atoms with Crippen molar-refractivity contribution in [2.24, 2.45) is 0 Å². The number of nitrogen functional groups attached to an aromatic ring is 1. The first kappa shape index (κ1) is 10.2. The number of aromatic amines is 1. The van der Waals surface area contributed by atoms with Gasteiger partial charge in [-0.15, -0.1) is 0 Å². The minimum atomic E-state index is -0.436. The largest absolute Gasteiger partial charge is 0.383 e. The molecule has 2 rings (SSSR count). The van der Waals surface area contributed by atoms with Gasteiger partial charge in [0.2, 0.25) is 0 Å². The summed E-state index contributed by atoms with van der Waals surface area (Å²) < 4.78 is 5.51. The molecule has 0 radical (unpaired) electrons. The van der Waals surface area contributed by atoms with Crippen molar-refractivity contribution in [1.82, 2.24) is 9.97 Å². The van der Waals surface area contributed by atoms with Crippen molar-refractivity contribution in [2.75, 3.05) is 12.8 Å². The minimum absolute atomic E-state index is 0.221. The van der Waals surface area contributed by atoms with Crippen LogP contribution in [0, 0.1) is 0 Å². The van der Waals surface area contributed by atoms with E-state index in [1.54, 1.807) is 7.11 Å². The Morgan fingerprint density at radius 3 is 2.73 bits per heavy atom. The molecule has 5 heteroatoms. The van der Waals surface area contributed by atoms with Gasteiger partial charge in [-0.1, -0.05) is 0 Å². The first-order chi connectivity index (χ1) is 7.16. The van der Waals surface area contributed by atoms with Gasteiger partial charge in [-0.05, 0) is 25.7 Å². The van der Waals surface area contributed by atoms with Gasteiger partial charge in [0.1, 0.15) is 17.2 Å². The maximum atomic E-state index is 11.3. The number of anilines is 1. The molecule has 0 atom stereocenters. The van der Waals surface area contributed by atoms with Crippen LogP contribution in [0.25, 0.3) is 0 Å². The van der Waals surface area contributed by atoms with Gasteiger partial charge in [0.05, 0.1) is 0 Å². The van der Waals surface area contributed by atoms with Crippen LogP contribution in [0.15, 0.2) is 10.9 Å². The number of nitrogens with two attached hydrogens (primary N) is 1. The third-order valence-corrected chi connectivity index (χ3v) is 3.00.